The smallest absolute Gasteiger partial charge is 0.395 e. The average Bonchev–Trinajstić information content (AvgIpc) is 2.59. The SMILES string of the molecule is CS(=O)(=O)c1ccc(N=C(C=C(N)C(F)(F)F)C2CCN(S(C)(=O)=O)CC2)nc1. The minimum atomic E-state index is -4.75. The summed E-state index contributed by atoms with van der Waals surface area (Å²) >= 11 is 0. The molecule has 13 heteroatoms. The van der Waals surface area contributed by atoms with E-state index in [1.807, 2.05) is 0 Å². The Morgan fingerprint density at radius 1 is 1.21 bits per heavy atom. The minimum absolute atomic E-state index is 0.00702. The number of hydrogen-bond acceptors (Lipinski definition) is 7. The zero-order valence-electron chi connectivity index (χ0n) is 15.7. The van der Waals surface area contributed by atoms with E-state index in [0.29, 0.717) is 6.08 Å². The summed E-state index contributed by atoms with van der Waals surface area (Å²) in [5, 5.41) is 0. The summed E-state index contributed by atoms with van der Waals surface area (Å²) in [7, 11) is -6.88. The summed E-state index contributed by atoms with van der Waals surface area (Å²) < 4.78 is 86.2. The molecule has 0 aromatic carbocycles. The van der Waals surface area contributed by atoms with Crippen LogP contribution in [0, 0.1) is 5.92 Å². The van der Waals surface area contributed by atoms with Gasteiger partial charge in [0.25, 0.3) is 0 Å². The van der Waals surface area contributed by atoms with Gasteiger partial charge in [-0.3, -0.25) is 0 Å². The number of halogens is 3. The van der Waals surface area contributed by atoms with Crippen molar-refractivity contribution in [3.05, 3.63) is 30.1 Å². The third-order valence-corrected chi connectivity index (χ3v) is 6.77. The third kappa shape index (κ3) is 6.51. The van der Waals surface area contributed by atoms with Crippen LogP contribution >= 0.6 is 0 Å². The van der Waals surface area contributed by atoms with Crippen LogP contribution in [0.1, 0.15) is 12.8 Å². The van der Waals surface area contributed by atoms with Crippen molar-refractivity contribution >= 4 is 31.4 Å². The molecule has 0 bridgehead atoms. The first-order valence-electron chi connectivity index (χ1n) is 8.42. The molecule has 1 aromatic heterocycles. The highest BCUT2D eigenvalue weighted by atomic mass is 32.2. The van der Waals surface area contributed by atoms with E-state index in [4.69, 9.17) is 5.73 Å². The van der Waals surface area contributed by atoms with Gasteiger partial charge in [0.15, 0.2) is 15.7 Å². The molecular formula is C16H21F3N4O4S2. The number of aromatic nitrogens is 1. The van der Waals surface area contributed by atoms with Crippen LogP contribution in [0.15, 0.2) is 40.0 Å². The summed E-state index contributed by atoms with van der Waals surface area (Å²) in [4.78, 5) is 7.96. The van der Waals surface area contributed by atoms with Crippen LogP contribution in [0.2, 0.25) is 0 Å². The molecule has 0 unspecified atom stereocenters. The molecule has 0 aliphatic carbocycles. The van der Waals surface area contributed by atoms with Crippen LogP contribution in [0.25, 0.3) is 0 Å². The van der Waals surface area contributed by atoms with E-state index in [0.717, 1.165) is 18.7 Å². The van der Waals surface area contributed by atoms with Gasteiger partial charge >= 0.3 is 6.18 Å². The van der Waals surface area contributed by atoms with Gasteiger partial charge in [0.1, 0.15) is 5.70 Å². The first-order valence-corrected chi connectivity index (χ1v) is 12.2. The van der Waals surface area contributed by atoms with Gasteiger partial charge in [-0.05, 0) is 31.1 Å². The summed E-state index contributed by atoms with van der Waals surface area (Å²) in [6, 6.07) is 2.53. The highest BCUT2D eigenvalue weighted by Gasteiger charge is 2.33. The zero-order valence-corrected chi connectivity index (χ0v) is 17.4. The predicted molar refractivity (Wildman–Crippen MR) is 102 cm³/mol. The fourth-order valence-electron chi connectivity index (χ4n) is 2.76. The van der Waals surface area contributed by atoms with E-state index in [1.54, 1.807) is 0 Å². The summed E-state index contributed by atoms with van der Waals surface area (Å²) in [5.41, 5.74) is 3.81. The largest absolute Gasteiger partial charge is 0.430 e. The molecule has 2 rings (SSSR count). The molecule has 29 heavy (non-hydrogen) atoms. The van der Waals surface area contributed by atoms with Crippen molar-refractivity contribution in [3.63, 3.8) is 0 Å². The molecule has 2 heterocycles. The lowest BCUT2D eigenvalue weighted by atomic mass is 9.92. The van der Waals surface area contributed by atoms with Crippen LogP contribution in [-0.2, 0) is 19.9 Å². The Morgan fingerprint density at radius 2 is 1.79 bits per heavy atom. The maximum absolute atomic E-state index is 12.9. The number of hydrogen-bond donors (Lipinski definition) is 1. The maximum atomic E-state index is 12.9. The molecule has 1 saturated heterocycles. The summed E-state index contributed by atoms with van der Waals surface area (Å²) in [5.74, 6) is -0.450. The second-order valence-electron chi connectivity index (χ2n) is 6.69. The molecule has 1 aliphatic rings. The Balaban J connectivity index is 2.37. The first-order chi connectivity index (χ1) is 13.2. The van der Waals surface area contributed by atoms with E-state index < -0.39 is 37.7 Å². The lowest BCUT2D eigenvalue weighted by Crippen LogP contribution is -2.39. The molecule has 8 nitrogen and oxygen atoms in total. The topological polar surface area (TPSA) is 123 Å². The third-order valence-electron chi connectivity index (χ3n) is 4.36. The zero-order chi connectivity index (χ0) is 22.0. The number of piperidine rings is 1. The van der Waals surface area contributed by atoms with Crippen molar-refractivity contribution < 1.29 is 30.0 Å². The van der Waals surface area contributed by atoms with E-state index in [1.165, 1.54) is 16.4 Å². The number of rotatable bonds is 5. The Hall–Kier alpha value is -1.99. The van der Waals surface area contributed by atoms with Crippen LogP contribution in [0.5, 0.6) is 0 Å². The lowest BCUT2D eigenvalue weighted by Gasteiger charge is -2.30. The highest BCUT2D eigenvalue weighted by molar-refractivity contribution is 7.90. The molecule has 1 aliphatic heterocycles. The van der Waals surface area contributed by atoms with Crippen molar-refractivity contribution in [1.82, 2.24) is 9.29 Å². The van der Waals surface area contributed by atoms with Gasteiger partial charge in [0.05, 0.1) is 11.2 Å². The molecule has 1 aromatic rings. The Morgan fingerprint density at radius 3 is 2.21 bits per heavy atom. The predicted octanol–water partition coefficient (Wildman–Crippen LogP) is 1.63. The number of aliphatic imine (C=N–C) groups is 1. The van der Waals surface area contributed by atoms with Gasteiger partial charge < -0.3 is 5.73 Å². The van der Waals surface area contributed by atoms with Gasteiger partial charge in [-0.15, -0.1) is 0 Å². The Labute approximate surface area is 167 Å². The molecule has 0 atom stereocenters. The molecule has 0 spiro atoms. The van der Waals surface area contributed by atoms with Crippen molar-refractivity contribution in [3.8, 4) is 0 Å². The number of nitrogens with zero attached hydrogens (tertiary/aromatic N) is 3. The van der Waals surface area contributed by atoms with Crippen LogP contribution in [0.3, 0.4) is 0 Å². The van der Waals surface area contributed by atoms with E-state index in [2.05, 4.69) is 9.98 Å². The molecule has 2 N–H and O–H groups in total. The van der Waals surface area contributed by atoms with Gasteiger partial charge in [-0.25, -0.2) is 31.1 Å². The normalized spacial score (nSPS) is 18.8. The first kappa shape index (κ1) is 23.3. The molecule has 162 valence electrons. The number of sulfone groups is 1. The second kappa shape index (κ2) is 8.40. The number of pyridine rings is 1. The summed E-state index contributed by atoms with van der Waals surface area (Å²) in [6.45, 7) is 0.283. The molecule has 1 fully saturated rings. The average molecular weight is 454 g/mol. The highest BCUT2D eigenvalue weighted by Crippen LogP contribution is 2.27. The van der Waals surface area contributed by atoms with E-state index in [9.17, 15) is 30.0 Å². The summed E-state index contributed by atoms with van der Waals surface area (Å²) in [6.07, 6.45) is -0.384. The van der Waals surface area contributed by atoms with Gasteiger partial charge in [0, 0.05) is 37.2 Å². The Bertz CT molecular complexity index is 1010. The van der Waals surface area contributed by atoms with Gasteiger partial charge in [0.2, 0.25) is 10.0 Å². The van der Waals surface area contributed by atoms with E-state index >= 15 is 0 Å². The van der Waals surface area contributed by atoms with Gasteiger partial charge in [-0.1, -0.05) is 0 Å². The van der Waals surface area contributed by atoms with Crippen molar-refractivity contribution in [2.45, 2.75) is 23.9 Å². The molecule has 0 saturated carbocycles. The van der Waals surface area contributed by atoms with Crippen molar-refractivity contribution in [2.75, 3.05) is 25.6 Å². The number of alkyl halides is 3. The van der Waals surface area contributed by atoms with Crippen molar-refractivity contribution in [1.29, 1.82) is 0 Å². The quantitative estimate of drug-likeness (QED) is 0.675. The van der Waals surface area contributed by atoms with Crippen LogP contribution in [0.4, 0.5) is 19.0 Å². The molecule has 0 radical (unpaired) electrons. The standard InChI is InChI=1S/C16H21F3N4O4S2/c1-28(24,25)12-3-4-15(21-10-12)22-13(9-14(20)16(17,18)19)11-5-7-23(8-6-11)29(2,26)27/h3-4,9-11H,5-8,20H2,1-2H3. The minimum Gasteiger partial charge on any atom is -0.395 e. The van der Waals surface area contributed by atoms with Crippen molar-refractivity contribution in [2.24, 2.45) is 16.6 Å². The Kier molecular flexibility index (Phi) is 6.75. The number of allylic oxidation sites excluding steroid dienone is 2. The second-order valence-corrected chi connectivity index (χ2v) is 10.7. The van der Waals surface area contributed by atoms with Gasteiger partial charge in [-0.2, -0.15) is 13.2 Å². The fraction of sp³-hybridized carbons (Fsp3) is 0.500. The fourth-order valence-corrected chi connectivity index (χ4v) is 4.19. The number of sulfonamides is 1. The van der Waals surface area contributed by atoms with Crippen LogP contribution < -0.4 is 5.73 Å². The number of nitrogens with two attached hydrogens (primary N) is 1. The molecular weight excluding hydrogens is 433 g/mol. The van der Waals surface area contributed by atoms with E-state index in [-0.39, 0.29) is 42.4 Å². The van der Waals surface area contributed by atoms with Crippen LogP contribution in [-0.4, -0.2) is 63.6 Å². The maximum Gasteiger partial charge on any atom is 0.430 e. The molecule has 0 amide bonds. The lowest BCUT2D eigenvalue weighted by molar-refractivity contribution is -0.0925. The monoisotopic (exact) mass is 454 g/mol.